The van der Waals surface area contributed by atoms with Crippen LogP contribution < -0.4 is 10.6 Å². The van der Waals surface area contributed by atoms with Gasteiger partial charge >= 0.3 is 0 Å². The summed E-state index contributed by atoms with van der Waals surface area (Å²) in [5.74, 6) is 1.76. The molecule has 40 heavy (non-hydrogen) atoms. The fourth-order valence-electron chi connectivity index (χ4n) is 5.00. The van der Waals surface area contributed by atoms with Crippen molar-refractivity contribution in [1.29, 1.82) is 0 Å². The van der Waals surface area contributed by atoms with Gasteiger partial charge in [0.05, 0.1) is 0 Å². The quantitative estimate of drug-likeness (QED) is 0.183. The monoisotopic (exact) mass is 534 g/mol. The Morgan fingerprint density at radius 3 is 1.52 bits per heavy atom. The van der Waals surface area contributed by atoms with Crippen molar-refractivity contribution in [3.63, 3.8) is 0 Å². The molecule has 0 bridgehead atoms. The number of aryl methyl sites for hydroxylation is 2. The normalized spacial score (nSPS) is 13.1. The SMILES string of the molecule is C=C(c1c(C)[nH]n2nc(C(C)CNc3ccccc3)nc12)c1c(C)[nH]n2nc(C(C)CNc3ccccc3)nc12. The molecule has 10 nitrogen and oxygen atoms in total. The van der Waals surface area contributed by atoms with E-state index in [1.807, 2.05) is 50.2 Å². The Morgan fingerprint density at radius 1 is 0.725 bits per heavy atom. The molecule has 0 spiro atoms. The predicted molar refractivity (Wildman–Crippen MR) is 159 cm³/mol. The highest BCUT2D eigenvalue weighted by molar-refractivity contribution is 5.91. The molecule has 0 fully saturated rings. The van der Waals surface area contributed by atoms with Crippen LogP contribution >= 0.6 is 0 Å². The predicted octanol–water partition coefficient (Wildman–Crippen LogP) is 5.54. The highest BCUT2D eigenvalue weighted by atomic mass is 15.5. The first kappa shape index (κ1) is 25.4. The average Bonchev–Trinajstić information content (AvgIpc) is 3.70. The summed E-state index contributed by atoms with van der Waals surface area (Å²) in [7, 11) is 0. The van der Waals surface area contributed by atoms with Crippen LogP contribution in [-0.4, -0.2) is 52.7 Å². The van der Waals surface area contributed by atoms with Gasteiger partial charge in [0.25, 0.3) is 0 Å². The van der Waals surface area contributed by atoms with Crippen molar-refractivity contribution in [2.24, 2.45) is 0 Å². The van der Waals surface area contributed by atoms with E-state index < -0.39 is 0 Å². The van der Waals surface area contributed by atoms with Gasteiger partial charge in [-0.05, 0) is 43.7 Å². The summed E-state index contributed by atoms with van der Waals surface area (Å²) in [6, 6.07) is 20.3. The van der Waals surface area contributed by atoms with Crippen molar-refractivity contribution >= 4 is 28.2 Å². The number of hydrogen-bond acceptors (Lipinski definition) is 6. The number of benzene rings is 2. The molecule has 2 atom stereocenters. The number of aromatic amines is 2. The second kappa shape index (κ2) is 10.4. The highest BCUT2D eigenvalue weighted by Crippen LogP contribution is 2.32. The summed E-state index contributed by atoms with van der Waals surface area (Å²) in [5.41, 5.74) is 8.23. The van der Waals surface area contributed by atoms with Crippen LogP contribution in [0.5, 0.6) is 0 Å². The Morgan fingerprint density at radius 2 is 1.12 bits per heavy atom. The van der Waals surface area contributed by atoms with E-state index in [1.54, 1.807) is 9.26 Å². The second-order valence-corrected chi connectivity index (χ2v) is 10.4. The Kier molecular flexibility index (Phi) is 6.59. The van der Waals surface area contributed by atoms with Gasteiger partial charge in [-0.15, -0.1) is 10.2 Å². The molecule has 0 aliphatic heterocycles. The molecule has 0 amide bonds. The molecule has 0 radical (unpaired) electrons. The first-order valence-corrected chi connectivity index (χ1v) is 13.6. The van der Waals surface area contributed by atoms with Crippen LogP contribution in [0.1, 0.15) is 59.8 Å². The number of anilines is 2. The van der Waals surface area contributed by atoms with E-state index in [0.717, 1.165) is 75.5 Å². The summed E-state index contributed by atoms with van der Waals surface area (Å²) >= 11 is 0. The number of nitrogens with zero attached hydrogens (tertiary/aromatic N) is 6. The molecule has 2 aromatic carbocycles. The third kappa shape index (κ3) is 4.72. The van der Waals surface area contributed by atoms with Crippen LogP contribution in [-0.2, 0) is 0 Å². The van der Waals surface area contributed by atoms with Crippen molar-refractivity contribution < 1.29 is 0 Å². The Labute approximate surface area is 232 Å². The van der Waals surface area contributed by atoms with E-state index >= 15 is 0 Å². The van der Waals surface area contributed by atoms with Crippen LogP contribution in [0.3, 0.4) is 0 Å². The van der Waals surface area contributed by atoms with Gasteiger partial charge in [0.2, 0.25) is 0 Å². The smallest absolute Gasteiger partial charge is 0.183 e. The summed E-state index contributed by atoms with van der Waals surface area (Å²) < 4.78 is 3.49. The molecule has 10 heteroatoms. The minimum Gasteiger partial charge on any atom is -0.384 e. The van der Waals surface area contributed by atoms with Gasteiger partial charge in [0.1, 0.15) is 0 Å². The zero-order chi connectivity index (χ0) is 27.8. The molecule has 2 unspecified atom stereocenters. The molecule has 4 N–H and O–H groups in total. The van der Waals surface area contributed by atoms with E-state index in [0.29, 0.717) is 0 Å². The first-order valence-electron chi connectivity index (χ1n) is 13.6. The Hall–Kier alpha value is -4.86. The molecule has 204 valence electrons. The van der Waals surface area contributed by atoms with E-state index in [2.05, 4.69) is 65.5 Å². The van der Waals surface area contributed by atoms with E-state index in [-0.39, 0.29) is 11.8 Å². The van der Waals surface area contributed by atoms with Gasteiger partial charge in [-0.2, -0.15) is 9.26 Å². The number of aromatic nitrogens is 8. The first-order chi connectivity index (χ1) is 19.4. The minimum absolute atomic E-state index is 0.112. The van der Waals surface area contributed by atoms with Crippen molar-refractivity contribution in [2.45, 2.75) is 39.5 Å². The maximum Gasteiger partial charge on any atom is 0.183 e. The van der Waals surface area contributed by atoms with Gasteiger partial charge in [-0.25, -0.2) is 9.97 Å². The van der Waals surface area contributed by atoms with Crippen LogP contribution in [0.4, 0.5) is 11.4 Å². The van der Waals surface area contributed by atoms with Crippen LogP contribution in [0, 0.1) is 13.8 Å². The lowest BCUT2D eigenvalue weighted by Gasteiger charge is -2.10. The molecule has 0 saturated heterocycles. The fraction of sp³-hybridized carbons (Fsp3) is 0.267. The van der Waals surface area contributed by atoms with Crippen molar-refractivity contribution in [1.82, 2.24) is 39.6 Å². The average molecular weight is 535 g/mol. The van der Waals surface area contributed by atoms with E-state index in [9.17, 15) is 0 Å². The molecule has 0 saturated carbocycles. The molecule has 0 aliphatic carbocycles. The van der Waals surface area contributed by atoms with Crippen LogP contribution in [0.25, 0.3) is 16.9 Å². The standard InChI is InChI=1S/C30H34N10/c1-18(16-31-23-12-8-6-9-13-23)27-33-29-25(21(4)35-39(29)37-27)20(3)26-22(5)36-40-30(26)34-28(38-40)19(2)17-32-24-14-10-7-11-15-24/h6-15,18-19,31-32,35-36H,3,16-17H2,1-2,4-5H3. The van der Waals surface area contributed by atoms with Gasteiger partial charge in [-0.1, -0.05) is 56.8 Å². The Bertz CT molecular complexity index is 1640. The van der Waals surface area contributed by atoms with Crippen molar-refractivity contribution in [3.05, 3.63) is 101 Å². The third-order valence-corrected chi connectivity index (χ3v) is 7.25. The lowest BCUT2D eigenvalue weighted by Crippen LogP contribution is -2.11. The largest absolute Gasteiger partial charge is 0.384 e. The summed E-state index contributed by atoms with van der Waals surface area (Å²) in [5, 5.41) is 23.1. The van der Waals surface area contributed by atoms with Gasteiger partial charge in [0.15, 0.2) is 22.9 Å². The van der Waals surface area contributed by atoms with Crippen LogP contribution in [0.2, 0.25) is 0 Å². The number of hydrogen-bond donors (Lipinski definition) is 4. The highest BCUT2D eigenvalue weighted by Gasteiger charge is 2.25. The molecular formula is C30H34N10. The summed E-state index contributed by atoms with van der Waals surface area (Å²) in [4.78, 5) is 9.86. The lowest BCUT2D eigenvalue weighted by atomic mass is 10.00. The maximum atomic E-state index is 4.93. The number of para-hydroxylation sites is 2. The van der Waals surface area contributed by atoms with Gasteiger partial charge in [0, 0.05) is 58.8 Å². The lowest BCUT2D eigenvalue weighted by molar-refractivity contribution is 0.702. The summed E-state index contributed by atoms with van der Waals surface area (Å²) in [6.45, 7) is 14.2. The molecule has 6 aromatic rings. The summed E-state index contributed by atoms with van der Waals surface area (Å²) in [6.07, 6.45) is 0. The van der Waals surface area contributed by atoms with E-state index in [4.69, 9.17) is 20.2 Å². The molecular weight excluding hydrogens is 500 g/mol. The van der Waals surface area contributed by atoms with Gasteiger partial charge in [-0.3, -0.25) is 10.2 Å². The Balaban J connectivity index is 1.25. The molecule has 4 heterocycles. The maximum absolute atomic E-state index is 4.93. The molecule has 4 aromatic heterocycles. The fourth-order valence-corrected chi connectivity index (χ4v) is 5.00. The van der Waals surface area contributed by atoms with Crippen molar-refractivity contribution in [2.75, 3.05) is 23.7 Å². The second-order valence-electron chi connectivity index (χ2n) is 10.4. The third-order valence-electron chi connectivity index (χ3n) is 7.25. The van der Waals surface area contributed by atoms with E-state index in [1.165, 1.54) is 0 Å². The zero-order valence-electron chi connectivity index (χ0n) is 23.2. The number of nitrogens with one attached hydrogen (secondary N) is 4. The minimum atomic E-state index is 0.112. The van der Waals surface area contributed by atoms with Crippen molar-refractivity contribution in [3.8, 4) is 0 Å². The number of fused-ring (bicyclic) bond motifs is 2. The zero-order valence-corrected chi connectivity index (χ0v) is 23.2. The molecule has 0 aliphatic rings. The van der Waals surface area contributed by atoms with Crippen LogP contribution in [0.15, 0.2) is 67.2 Å². The topological polar surface area (TPSA) is 116 Å². The van der Waals surface area contributed by atoms with Gasteiger partial charge < -0.3 is 10.6 Å². The number of H-pyrrole nitrogens is 2. The molecule has 6 rings (SSSR count). The number of rotatable bonds is 10.